The van der Waals surface area contributed by atoms with E-state index in [0.717, 1.165) is 23.1 Å². The second-order valence-corrected chi connectivity index (χ2v) is 6.23. The monoisotopic (exact) mass is 430 g/mol. The van der Waals surface area contributed by atoms with Crippen molar-refractivity contribution in [3.05, 3.63) is 29.8 Å². The van der Waals surface area contributed by atoms with Gasteiger partial charge in [0.15, 0.2) is 5.96 Å². The first-order valence-corrected chi connectivity index (χ1v) is 7.86. The van der Waals surface area contributed by atoms with E-state index in [0.29, 0.717) is 12.6 Å². The predicted octanol–water partition coefficient (Wildman–Crippen LogP) is 2.97. The zero-order valence-electron chi connectivity index (χ0n) is 14.2. The molecule has 128 valence electrons. The molecule has 6 heteroatoms. The van der Waals surface area contributed by atoms with Crippen molar-refractivity contribution >= 4 is 41.5 Å². The third kappa shape index (κ3) is 6.37. The average molecular weight is 430 g/mol. The number of guanidine groups is 1. The lowest BCUT2D eigenvalue weighted by atomic mass is 10.1. The van der Waals surface area contributed by atoms with Crippen molar-refractivity contribution in [1.82, 2.24) is 10.6 Å². The van der Waals surface area contributed by atoms with Crippen molar-refractivity contribution in [3.8, 4) is 0 Å². The number of aliphatic imine (C=N–C) groups is 1. The summed E-state index contributed by atoms with van der Waals surface area (Å²) in [6.07, 6.45) is 1.21. The largest absolute Gasteiger partial charge is 0.353 e. The van der Waals surface area contributed by atoms with Crippen LogP contribution in [0.25, 0.3) is 0 Å². The van der Waals surface area contributed by atoms with E-state index >= 15 is 0 Å². The second kappa shape index (κ2) is 9.10. The number of carbonyl (C=O) groups is 1. The van der Waals surface area contributed by atoms with Gasteiger partial charge in [0.05, 0.1) is 0 Å². The van der Waals surface area contributed by atoms with Gasteiger partial charge in [-0.1, -0.05) is 32.9 Å². The molecule has 1 fully saturated rings. The molecule has 1 aliphatic carbocycles. The van der Waals surface area contributed by atoms with E-state index in [1.807, 2.05) is 38.1 Å². The smallest absolute Gasteiger partial charge is 0.226 e. The summed E-state index contributed by atoms with van der Waals surface area (Å²) in [5.41, 5.74) is 1.98. The number of hydrogen-bond donors (Lipinski definition) is 3. The maximum atomic E-state index is 11.6. The van der Waals surface area contributed by atoms with Gasteiger partial charge in [0.2, 0.25) is 5.91 Å². The van der Waals surface area contributed by atoms with E-state index in [4.69, 9.17) is 0 Å². The van der Waals surface area contributed by atoms with Crippen molar-refractivity contribution in [2.24, 2.45) is 16.8 Å². The molecule has 2 rings (SSSR count). The van der Waals surface area contributed by atoms with Gasteiger partial charge in [0.1, 0.15) is 0 Å². The molecular formula is C17H27IN4O. The molecule has 0 saturated heterocycles. The molecule has 1 saturated carbocycles. The first-order chi connectivity index (χ1) is 10.5. The van der Waals surface area contributed by atoms with Crippen molar-refractivity contribution in [3.63, 3.8) is 0 Å². The van der Waals surface area contributed by atoms with Gasteiger partial charge < -0.3 is 16.0 Å². The van der Waals surface area contributed by atoms with Gasteiger partial charge in [0.25, 0.3) is 0 Å². The molecule has 0 aliphatic heterocycles. The van der Waals surface area contributed by atoms with Crippen LogP contribution in [-0.4, -0.2) is 25.0 Å². The van der Waals surface area contributed by atoms with Crippen LogP contribution in [0.1, 0.15) is 32.8 Å². The normalized spacial score (nSPS) is 19.8. The van der Waals surface area contributed by atoms with Crippen LogP contribution in [0.15, 0.2) is 29.3 Å². The van der Waals surface area contributed by atoms with Gasteiger partial charge in [0, 0.05) is 31.2 Å². The van der Waals surface area contributed by atoms with Gasteiger partial charge >= 0.3 is 0 Å². The summed E-state index contributed by atoms with van der Waals surface area (Å²) in [6, 6.07) is 8.43. The molecule has 1 aromatic rings. The topological polar surface area (TPSA) is 65.5 Å². The molecule has 23 heavy (non-hydrogen) atoms. The fourth-order valence-electron chi connectivity index (χ4n) is 2.07. The Bertz CT molecular complexity index is 542. The molecule has 1 aliphatic rings. The van der Waals surface area contributed by atoms with Crippen LogP contribution in [0.2, 0.25) is 0 Å². The first-order valence-electron chi connectivity index (χ1n) is 7.86. The second-order valence-electron chi connectivity index (χ2n) is 6.23. The number of halogens is 1. The molecular weight excluding hydrogens is 403 g/mol. The third-order valence-corrected chi connectivity index (χ3v) is 3.86. The van der Waals surface area contributed by atoms with Crippen molar-refractivity contribution in [2.75, 3.05) is 12.4 Å². The summed E-state index contributed by atoms with van der Waals surface area (Å²) in [5.74, 6) is 1.60. The lowest BCUT2D eigenvalue weighted by Crippen LogP contribution is -2.38. The minimum atomic E-state index is -0.0134. The highest BCUT2D eigenvalue weighted by atomic mass is 127. The van der Waals surface area contributed by atoms with Crippen LogP contribution in [0.5, 0.6) is 0 Å². The van der Waals surface area contributed by atoms with Crippen molar-refractivity contribution < 1.29 is 4.79 Å². The van der Waals surface area contributed by atoms with Crippen LogP contribution in [0, 0.1) is 11.8 Å². The van der Waals surface area contributed by atoms with Gasteiger partial charge in [-0.05, 0) is 30.0 Å². The van der Waals surface area contributed by atoms with E-state index in [-0.39, 0.29) is 35.8 Å². The van der Waals surface area contributed by atoms with E-state index in [2.05, 4.69) is 27.9 Å². The Morgan fingerprint density at radius 2 is 1.91 bits per heavy atom. The zero-order chi connectivity index (χ0) is 16.1. The van der Waals surface area contributed by atoms with Crippen LogP contribution < -0.4 is 16.0 Å². The molecule has 5 nitrogen and oxygen atoms in total. The van der Waals surface area contributed by atoms with Crippen molar-refractivity contribution in [1.29, 1.82) is 0 Å². The van der Waals surface area contributed by atoms with Crippen LogP contribution in [0.4, 0.5) is 5.69 Å². The molecule has 0 radical (unpaired) electrons. The molecule has 3 N–H and O–H groups in total. The van der Waals surface area contributed by atoms with Gasteiger partial charge in [-0.2, -0.15) is 0 Å². The highest BCUT2D eigenvalue weighted by Crippen LogP contribution is 2.28. The first kappa shape index (κ1) is 19.7. The number of anilines is 1. The lowest BCUT2D eigenvalue weighted by Gasteiger charge is -2.12. The molecule has 1 aromatic carbocycles. The summed E-state index contributed by atoms with van der Waals surface area (Å²) in [6.45, 7) is 6.70. The Hall–Kier alpha value is -1.31. The van der Waals surface area contributed by atoms with E-state index in [1.54, 1.807) is 7.05 Å². The van der Waals surface area contributed by atoms with E-state index in [1.165, 1.54) is 6.42 Å². The zero-order valence-corrected chi connectivity index (χ0v) is 16.5. The quantitative estimate of drug-likeness (QED) is 0.382. The van der Waals surface area contributed by atoms with Crippen LogP contribution in [-0.2, 0) is 11.3 Å². The predicted molar refractivity (Wildman–Crippen MR) is 106 cm³/mol. The summed E-state index contributed by atoms with van der Waals surface area (Å²) in [7, 11) is 1.78. The summed E-state index contributed by atoms with van der Waals surface area (Å²) >= 11 is 0. The Kier molecular flexibility index (Phi) is 7.81. The number of nitrogens with zero attached hydrogens (tertiary/aromatic N) is 1. The van der Waals surface area contributed by atoms with Gasteiger partial charge in [-0.15, -0.1) is 24.0 Å². The molecule has 2 atom stereocenters. The molecule has 0 aromatic heterocycles. The molecule has 0 spiro atoms. The highest BCUT2D eigenvalue weighted by Gasteiger charge is 2.33. The minimum absolute atomic E-state index is 0. The maximum absolute atomic E-state index is 11.6. The van der Waals surface area contributed by atoms with Gasteiger partial charge in [-0.25, -0.2) is 0 Å². The fraction of sp³-hybridized carbons (Fsp3) is 0.529. The van der Waals surface area contributed by atoms with E-state index < -0.39 is 0 Å². The Labute approximate surface area is 155 Å². The summed E-state index contributed by atoms with van der Waals surface area (Å²) in [4.78, 5) is 15.9. The average Bonchev–Trinajstić information content (AvgIpc) is 3.20. The minimum Gasteiger partial charge on any atom is -0.353 e. The van der Waals surface area contributed by atoms with Crippen LogP contribution in [0.3, 0.4) is 0 Å². The number of carbonyl (C=O) groups excluding carboxylic acids is 1. The molecule has 0 bridgehead atoms. The molecule has 2 unspecified atom stereocenters. The number of amides is 1. The lowest BCUT2D eigenvalue weighted by molar-refractivity contribution is -0.118. The summed E-state index contributed by atoms with van der Waals surface area (Å²) in [5, 5.41) is 9.59. The number of rotatable bonds is 5. The van der Waals surface area contributed by atoms with E-state index in [9.17, 15) is 4.79 Å². The molecule has 0 heterocycles. The van der Waals surface area contributed by atoms with Gasteiger partial charge in [-0.3, -0.25) is 9.79 Å². The van der Waals surface area contributed by atoms with Crippen LogP contribution >= 0.6 is 24.0 Å². The molecule has 1 amide bonds. The SMILES string of the molecule is CN=C(NCc1ccc(NC(=O)C(C)C)cc1)NC1CC1C.I. The standard InChI is InChI=1S/C17H26N4O.HI/c1-11(2)16(22)20-14-7-5-13(6-8-14)10-19-17(18-4)21-15-9-12(15)3;/h5-8,11-12,15H,9-10H2,1-4H3,(H,20,22)(H2,18,19,21);1H. The highest BCUT2D eigenvalue weighted by molar-refractivity contribution is 14.0. The third-order valence-electron chi connectivity index (χ3n) is 3.86. The number of hydrogen-bond acceptors (Lipinski definition) is 2. The Balaban J connectivity index is 0.00000264. The number of nitrogens with one attached hydrogen (secondary N) is 3. The maximum Gasteiger partial charge on any atom is 0.226 e. The van der Waals surface area contributed by atoms with Crippen molar-refractivity contribution in [2.45, 2.75) is 39.8 Å². The number of benzene rings is 1. The fourth-order valence-corrected chi connectivity index (χ4v) is 2.07. The Morgan fingerprint density at radius 3 is 2.39 bits per heavy atom. The summed E-state index contributed by atoms with van der Waals surface area (Å²) < 4.78 is 0. The Morgan fingerprint density at radius 1 is 1.30 bits per heavy atom.